The zero-order chi connectivity index (χ0) is 14.7. The number of aliphatic hydroxyl groups excluding tert-OH is 1. The zero-order valence-electron chi connectivity index (χ0n) is 12.3. The third-order valence-electron chi connectivity index (χ3n) is 4.17. The topological polar surface area (TPSA) is 49.2 Å². The third kappa shape index (κ3) is 3.48. The lowest BCUT2D eigenvalue weighted by molar-refractivity contribution is 0.0763. The number of rotatable bonds is 4. The Hall–Kier alpha value is -1.30. The van der Waals surface area contributed by atoms with E-state index >= 15 is 0 Å². The minimum atomic E-state index is 0.291. The number of piperidine rings is 1. The number of aromatic nitrogens is 2. The van der Waals surface area contributed by atoms with Crippen LogP contribution in [0.4, 0.5) is 0 Å². The van der Waals surface area contributed by atoms with Crippen LogP contribution in [0.2, 0.25) is 0 Å². The summed E-state index contributed by atoms with van der Waals surface area (Å²) in [5.74, 6) is 0.412. The molecule has 3 rings (SSSR count). The monoisotopic (exact) mass is 303 g/mol. The molecule has 4 nitrogen and oxygen atoms in total. The Kier molecular flexibility index (Phi) is 4.63. The molecule has 2 aromatic rings. The van der Waals surface area contributed by atoms with Gasteiger partial charge in [-0.25, -0.2) is 4.98 Å². The number of nitrogens with zero attached hydrogens (tertiary/aromatic N) is 3. The molecule has 112 valence electrons. The van der Waals surface area contributed by atoms with Gasteiger partial charge >= 0.3 is 0 Å². The van der Waals surface area contributed by atoms with Gasteiger partial charge in [-0.1, -0.05) is 6.07 Å². The molecule has 0 aromatic carbocycles. The molecule has 1 saturated heterocycles. The summed E-state index contributed by atoms with van der Waals surface area (Å²) >= 11 is 1.65. The Balaban J connectivity index is 1.69. The number of hydrogen-bond donors (Lipinski definition) is 1. The average molecular weight is 303 g/mol. The summed E-state index contributed by atoms with van der Waals surface area (Å²) in [5.41, 5.74) is 2.04. The maximum atomic E-state index is 9.37. The van der Waals surface area contributed by atoms with Crippen LogP contribution in [0.5, 0.6) is 0 Å². The standard InChI is InChI=1S/C16H21N3OS/c1-12-5-6-13(10-20)8-19(12)9-14-11-21-16(18-14)15-4-2-3-7-17-15/h2-4,7,11-13,20H,5-6,8-10H2,1H3. The van der Waals surface area contributed by atoms with Gasteiger partial charge in [0.15, 0.2) is 0 Å². The van der Waals surface area contributed by atoms with E-state index in [0.717, 1.165) is 42.3 Å². The van der Waals surface area contributed by atoms with Crippen molar-refractivity contribution in [1.29, 1.82) is 0 Å². The summed E-state index contributed by atoms with van der Waals surface area (Å²) in [6.45, 7) is 4.38. The molecule has 1 aliphatic heterocycles. The molecule has 5 heteroatoms. The number of aliphatic hydroxyl groups is 1. The van der Waals surface area contributed by atoms with Crippen molar-refractivity contribution in [3.05, 3.63) is 35.5 Å². The van der Waals surface area contributed by atoms with E-state index in [1.54, 1.807) is 17.5 Å². The molecule has 1 aliphatic rings. The van der Waals surface area contributed by atoms with Crippen molar-refractivity contribution in [2.45, 2.75) is 32.4 Å². The summed E-state index contributed by atoms with van der Waals surface area (Å²) < 4.78 is 0. The maximum Gasteiger partial charge on any atom is 0.142 e. The highest BCUT2D eigenvalue weighted by Gasteiger charge is 2.25. The lowest BCUT2D eigenvalue weighted by Gasteiger charge is -2.36. The van der Waals surface area contributed by atoms with E-state index < -0.39 is 0 Å². The number of hydrogen-bond acceptors (Lipinski definition) is 5. The van der Waals surface area contributed by atoms with Crippen molar-refractivity contribution in [1.82, 2.24) is 14.9 Å². The molecule has 2 aromatic heterocycles. The smallest absolute Gasteiger partial charge is 0.142 e. The lowest BCUT2D eigenvalue weighted by atomic mass is 9.94. The van der Waals surface area contributed by atoms with E-state index in [0.29, 0.717) is 18.6 Å². The quantitative estimate of drug-likeness (QED) is 0.943. The highest BCUT2D eigenvalue weighted by Crippen LogP contribution is 2.26. The van der Waals surface area contributed by atoms with Crippen LogP contribution in [0.15, 0.2) is 29.8 Å². The van der Waals surface area contributed by atoms with Gasteiger partial charge in [0.25, 0.3) is 0 Å². The first kappa shape index (κ1) is 14.6. The van der Waals surface area contributed by atoms with Gasteiger partial charge in [0, 0.05) is 37.3 Å². The van der Waals surface area contributed by atoms with Crippen molar-refractivity contribution < 1.29 is 5.11 Å². The molecule has 3 heterocycles. The van der Waals surface area contributed by atoms with Crippen molar-refractivity contribution in [2.24, 2.45) is 5.92 Å². The molecule has 0 aliphatic carbocycles. The Bertz CT molecular complexity index is 572. The second-order valence-electron chi connectivity index (χ2n) is 5.76. The zero-order valence-corrected chi connectivity index (χ0v) is 13.1. The van der Waals surface area contributed by atoms with Crippen LogP contribution in [0, 0.1) is 5.92 Å². The Morgan fingerprint density at radius 1 is 1.38 bits per heavy atom. The van der Waals surface area contributed by atoms with E-state index in [2.05, 4.69) is 22.2 Å². The molecule has 0 spiro atoms. The molecular weight excluding hydrogens is 282 g/mol. The fourth-order valence-corrected chi connectivity index (χ4v) is 3.61. The van der Waals surface area contributed by atoms with Gasteiger partial charge in [0.2, 0.25) is 0 Å². The van der Waals surface area contributed by atoms with Crippen LogP contribution in [0.25, 0.3) is 10.7 Å². The van der Waals surface area contributed by atoms with Crippen molar-refractivity contribution >= 4 is 11.3 Å². The predicted octanol–water partition coefficient (Wildman–Crippen LogP) is 2.80. The van der Waals surface area contributed by atoms with Crippen molar-refractivity contribution in [2.75, 3.05) is 13.2 Å². The first-order chi connectivity index (χ1) is 10.3. The van der Waals surface area contributed by atoms with Gasteiger partial charge in [-0.15, -0.1) is 11.3 Å². The Morgan fingerprint density at radius 3 is 3.05 bits per heavy atom. The van der Waals surface area contributed by atoms with E-state index in [1.165, 1.54) is 0 Å². The van der Waals surface area contributed by atoms with Crippen LogP contribution in [-0.4, -0.2) is 39.2 Å². The van der Waals surface area contributed by atoms with Gasteiger partial charge in [0.05, 0.1) is 11.4 Å². The maximum absolute atomic E-state index is 9.37. The molecule has 0 bridgehead atoms. The van der Waals surface area contributed by atoms with Crippen molar-refractivity contribution in [3.63, 3.8) is 0 Å². The molecule has 0 saturated carbocycles. The van der Waals surface area contributed by atoms with Crippen LogP contribution >= 0.6 is 11.3 Å². The van der Waals surface area contributed by atoms with E-state index in [4.69, 9.17) is 4.98 Å². The predicted molar refractivity (Wildman–Crippen MR) is 85.0 cm³/mol. The summed E-state index contributed by atoms with van der Waals surface area (Å²) in [5, 5.41) is 12.5. The van der Waals surface area contributed by atoms with E-state index in [1.807, 2.05) is 18.2 Å². The first-order valence-corrected chi connectivity index (χ1v) is 8.35. The molecule has 0 amide bonds. The van der Waals surface area contributed by atoms with Gasteiger partial charge in [0.1, 0.15) is 5.01 Å². The van der Waals surface area contributed by atoms with Gasteiger partial charge in [-0.3, -0.25) is 9.88 Å². The molecule has 2 atom stereocenters. The van der Waals surface area contributed by atoms with Crippen LogP contribution in [-0.2, 0) is 6.54 Å². The Labute approximate surface area is 129 Å². The van der Waals surface area contributed by atoms with Gasteiger partial charge < -0.3 is 5.11 Å². The van der Waals surface area contributed by atoms with Crippen LogP contribution in [0.3, 0.4) is 0 Å². The molecule has 1 fully saturated rings. The highest BCUT2D eigenvalue weighted by molar-refractivity contribution is 7.13. The van der Waals surface area contributed by atoms with E-state index in [-0.39, 0.29) is 0 Å². The van der Waals surface area contributed by atoms with Crippen LogP contribution in [0.1, 0.15) is 25.5 Å². The summed E-state index contributed by atoms with van der Waals surface area (Å²) in [7, 11) is 0. The molecule has 1 N–H and O–H groups in total. The number of pyridine rings is 1. The average Bonchev–Trinajstić information content (AvgIpc) is 2.99. The largest absolute Gasteiger partial charge is 0.396 e. The van der Waals surface area contributed by atoms with Gasteiger partial charge in [-0.05, 0) is 37.8 Å². The molecule has 21 heavy (non-hydrogen) atoms. The normalized spacial score (nSPS) is 23.3. The second-order valence-corrected chi connectivity index (χ2v) is 6.62. The lowest BCUT2D eigenvalue weighted by Crippen LogP contribution is -2.42. The number of thiazole rings is 1. The van der Waals surface area contributed by atoms with Crippen LogP contribution < -0.4 is 0 Å². The summed E-state index contributed by atoms with van der Waals surface area (Å²) in [6.07, 6.45) is 4.09. The SMILES string of the molecule is CC1CCC(CO)CN1Cc1csc(-c2ccccn2)n1. The minimum Gasteiger partial charge on any atom is -0.396 e. The minimum absolute atomic E-state index is 0.291. The van der Waals surface area contributed by atoms with Gasteiger partial charge in [-0.2, -0.15) is 0 Å². The Morgan fingerprint density at radius 2 is 2.29 bits per heavy atom. The highest BCUT2D eigenvalue weighted by atomic mass is 32.1. The molecule has 2 unspecified atom stereocenters. The number of likely N-dealkylation sites (tertiary alicyclic amines) is 1. The summed E-state index contributed by atoms with van der Waals surface area (Å²) in [6, 6.07) is 6.46. The fraction of sp³-hybridized carbons (Fsp3) is 0.500. The summed E-state index contributed by atoms with van der Waals surface area (Å²) in [4.78, 5) is 11.5. The second kappa shape index (κ2) is 6.64. The van der Waals surface area contributed by atoms with Crippen molar-refractivity contribution in [3.8, 4) is 10.7 Å². The third-order valence-corrected chi connectivity index (χ3v) is 5.08. The molecular formula is C16H21N3OS. The van der Waals surface area contributed by atoms with E-state index in [9.17, 15) is 5.11 Å². The first-order valence-electron chi connectivity index (χ1n) is 7.47. The molecule has 0 radical (unpaired) electrons. The fourth-order valence-electron chi connectivity index (χ4n) is 2.83.